The average molecular weight is 231 g/mol. The number of aromatic hydroxyl groups is 1. The van der Waals surface area contributed by atoms with Gasteiger partial charge in [0.1, 0.15) is 17.4 Å². The van der Waals surface area contributed by atoms with Crippen LogP contribution in [0.15, 0.2) is 23.8 Å². The van der Waals surface area contributed by atoms with Crippen LogP contribution in [0.4, 0.5) is 0 Å². The summed E-state index contributed by atoms with van der Waals surface area (Å²) in [5.41, 5.74) is 1.43. The highest BCUT2D eigenvalue weighted by atomic mass is 16.5. The number of aryl methyl sites for hydroxylation is 1. The summed E-state index contributed by atoms with van der Waals surface area (Å²) in [5.74, 6) is -0.489. The maximum Gasteiger partial charge on any atom is 0.348 e. The first-order valence-electron chi connectivity index (χ1n) is 5.17. The molecule has 0 aliphatic carbocycles. The number of phenols is 1. The van der Waals surface area contributed by atoms with E-state index in [1.54, 1.807) is 32.0 Å². The van der Waals surface area contributed by atoms with Crippen molar-refractivity contribution in [2.45, 2.75) is 13.8 Å². The van der Waals surface area contributed by atoms with Crippen LogP contribution in [0.2, 0.25) is 0 Å². The Morgan fingerprint density at radius 3 is 2.82 bits per heavy atom. The number of hydrogen-bond donors (Lipinski definition) is 1. The summed E-state index contributed by atoms with van der Waals surface area (Å²) in [5, 5.41) is 18.1. The van der Waals surface area contributed by atoms with E-state index in [4.69, 9.17) is 10.00 Å². The van der Waals surface area contributed by atoms with E-state index >= 15 is 0 Å². The molecule has 0 saturated carbocycles. The third-order valence-corrected chi connectivity index (χ3v) is 2.17. The van der Waals surface area contributed by atoms with Crippen LogP contribution in [0.3, 0.4) is 0 Å². The Hall–Kier alpha value is -2.28. The van der Waals surface area contributed by atoms with Crippen molar-refractivity contribution in [3.8, 4) is 11.8 Å². The number of carbonyl (C=O) groups is 1. The molecule has 0 saturated heterocycles. The van der Waals surface area contributed by atoms with Crippen molar-refractivity contribution in [3.05, 3.63) is 34.9 Å². The second-order valence-corrected chi connectivity index (χ2v) is 3.43. The van der Waals surface area contributed by atoms with Gasteiger partial charge >= 0.3 is 5.97 Å². The molecule has 1 aromatic carbocycles. The number of phenolic OH excluding ortho intramolecular Hbond substituents is 1. The smallest absolute Gasteiger partial charge is 0.348 e. The molecule has 0 heterocycles. The van der Waals surface area contributed by atoms with E-state index in [1.807, 2.05) is 0 Å². The molecule has 0 radical (unpaired) electrons. The van der Waals surface area contributed by atoms with Gasteiger partial charge in [0.2, 0.25) is 0 Å². The summed E-state index contributed by atoms with van der Waals surface area (Å²) in [7, 11) is 0. The minimum Gasteiger partial charge on any atom is -0.508 e. The second kappa shape index (κ2) is 5.71. The summed E-state index contributed by atoms with van der Waals surface area (Å²) in [4.78, 5) is 11.4. The number of nitrogens with zero attached hydrogens (tertiary/aromatic N) is 1. The highest BCUT2D eigenvalue weighted by Crippen LogP contribution is 2.18. The summed E-state index contributed by atoms with van der Waals surface area (Å²) >= 11 is 0. The molecule has 0 fully saturated rings. The lowest BCUT2D eigenvalue weighted by Gasteiger charge is -2.03. The molecule has 1 aromatic rings. The fourth-order valence-electron chi connectivity index (χ4n) is 1.32. The normalized spacial score (nSPS) is 10.8. The van der Waals surface area contributed by atoms with Gasteiger partial charge in [-0.2, -0.15) is 5.26 Å². The summed E-state index contributed by atoms with van der Waals surface area (Å²) in [6.07, 6.45) is 1.45. The quantitative estimate of drug-likeness (QED) is 0.491. The van der Waals surface area contributed by atoms with Crippen LogP contribution in [0.1, 0.15) is 18.1 Å². The SMILES string of the molecule is CCOC(=O)C(C#N)=Cc1ccc(O)cc1C. The monoisotopic (exact) mass is 231 g/mol. The largest absolute Gasteiger partial charge is 0.508 e. The van der Waals surface area contributed by atoms with Gasteiger partial charge in [0, 0.05) is 0 Å². The Bertz CT molecular complexity index is 498. The van der Waals surface area contributed by atoms with Gasteiger partial charge in [-0.1, -0.05) is 6.07 Å². The Labute approximate surface area is 99.8 Å². The molecule has 0 atom stereocenters. The lowest BCUT2D eigenvalue weighted by molar-refractivity contribution is -0.137. The third-order valence-electron chi connectivity index (χ3n) is 2.17. The number of benzene rings is 1. The van der Waals surface area contributed by atoms with Crippen LogP contribution in [-0.2, 0) is 9.53 Å². The fourth-order valence-corrected chi connectivity index (χ4v) is 1.32. The van der Waals surface area contributed by atoms with E-state index in [1.165, 1.54) is 12.1 Å². The van der Waals surface area contributed by atoms with Crippen LogP contribution in [0, 0.1) is 18.3 Å². The molecule has 4 heteroatoms. The topological polar surface area (TPSA) is 70.3 Å². The lowest BCUT2D eigenvalue weighted by atomic mass is 10.1. The van der Waals surface area contributed by atoms with Crippen LogP contribution in [-0.4, -0.2) is 17.7 Å². The molecule has 88 valence electrons. The summed E-state index contributed by atoms with van der Waals surface area (Å²) < 4.78 is 4.75. The van der Waals surface area contributed by atoms with Crippen LogP contribution in [0.25, 0.3) is 6.08 Å². The van der Waals surface area contributed by atoms with E-state index in [9.17, 15) is 9.90 Å². The van der Waals surface area contributed by atoms with E-state index in [0.717, 1.165) is 5.56 Å². The molecule has 0 aliphatic rings. The molecule has 4 nitrogen and oxygen atoms in total. The molecule has 1 N–H and O–H groups in total. The number of rotatable bonds is 3. The maximum atomic E-state index is 11.4. The predicted molar refractivity (Wildman–Crippen MR) is 63.1 cm³/mol. The van der Waals surface area contributed by atoms with Gasteiger partial charge in [0.05, 0.1) is 6.61 Å². The van der Waals surface area contributed by atoms with E-state index < -0.39 is 5.97 Å². The first-order valence-corrected chi connectivity index (χ1v) is 5.17. The van der Waals surface area contributed by atoms with Crippen molar-refractivity contribution in [1.82, 2.24) is 0 Å². The molecule has 0 unspecified atom stereocenters. The van der Waals surface area contributed by atoms with Gasteiger partial charge in [-0.3, -0.25) is 0 Å². The minimum absolute atomic E-state index is 0.0550. The van der Waals surface area contributed by atoms with E-state index in [2.05, 4.69) is 0 Å². The van der Waals surface area contributed by atoms with Gasteiger partial charge in [-0.15, -0.1) is 0 Å². The van der Waals surface area contributed by atoms with Crippen molar-refractivity contribution in [2.24, 2.45) is 0 Å². The van der Waals surface area contributed by atoms with E-state index in [0.29, 0.717) is 5.56 Å². The summed E-state index contributed by atoms with van der Waals surface area (Å²) in [6, 6.07) is 6.50. The minimum atomic E-state index is -0.637. The Kier molecular flexibility index (Phi) is 4.29. The zero-order valence-electron chi connectivity index (χ0n) is 9.73. The van der Waals surface area contributed by atoms with Crippen molar-refractivity contribution in [3.63, 3.8) is 0 Å². The molecule has 17 heavy (non-hydrogen) atoms. The molecule has 0 spiro atoms. The molecule has 0 aliphatic heterocycles. The number of hydrogen-bond acceptors (Lipinski definition) is 4. The number of esters is 1. The number of nitriles is 1. The van der Waals surface area contributed by atoms with Crippen LogP contribution < -0.4 is 0 Å². The Morgan fingerprint density at radius 2 is 2.29 bits per heavy atom. The fraction of sp³-hybridized carbons (Fsp3) is 0.231. The van der Waals surface area contributed by atoms with Crippen LogP contribution in [0.5, 0.6) is 5.75 Å². The maximum absolute atomic E-state index is 11.4. The van der Waals surface area contributed by atoms with Gasteiger partial charge in [0.25, 0.3) is 0 Å². The predicted octanol–water partition coefficient (Wildman–Crippen LogP) is 2.17. The molecular formula is C13H13NO3. The van der Waals surface area contributed by atoms with Crippen molar-refractivity contribution in [1.29, 1.82) is 5.26 Å². The average Bonchev–Trinajstić information content (AvgIpc) is 2.28. The molecule has 0 aromatic heterocycles. The van der Waals surface area contributed by atoms with Gasteiger partial charge in [-0.05, 0) is 43.2 Å². The second-order valence-electron chi connectivity index (χ2n) is 3.43. The Balaban J connectivity index is 3.07. The van der Waals surface area contributed by atoms with Crippen molar-refractivity contribution >= 4 is 12.0 Å². The molecule has 1 rings (SSSR count). The zero-order valence-corrected chi connectivity index (χ0v) is 9.73. The first-order chi connectivity index (χ1) is 8.08. The highest BCUT2D eigenvalue weighted by molar-refractivity contribution is 5.98. The van der Waals surface area contributed by atoms with Crippen LogP contribution >= 0.6 is 0 Å². The van der Waals surface area contributed by atoms with Gasteiger partial charge in [0.15, 0.2) is 0 Å². The summed E-state index contributed by atoms with van der Waals surface area (Å²) in [6.45, 7) is 3.69. The third kappa shape index (κ3) is 3.35. The van der Waals surface area contributed by atoms with Gasteiger partial charge in [-0.25, -0.2) is 4.79 Å². The Morgan fingerprint density at radius 1 is 1.59 bits per heavy atom. The highest BCUT2D eigenvalue weighted by Gasteiger charge is 2.10. The lowest BCUT2D eigenvalue weighted by Crippen LogP contribution is -2.06. The zero-order chi connectivity index (χ0) is 12.8. The number of carbonyl (C=O) groups excluding carboxylic acids is 1. The van der Waals surface area contributed by atoms with Gasteiger partial charge < -0.3 is 9.84 Å². The molecule has 0 amide bonds. The standard InChI is InChI=1S/C13H13NO3/c1-3-17-13(16)11(8-14)7-10-4-5-12(15)6-9(10)2/h4-7,15H,3H2,1-2H3. The molecular weight excluding hydrogens is 218 g/mol. The van der Waals surface area contributed by atoms with E-state index in [-0.39, 0.29) is 17.9 Å². The first kappa shape index (κ1) is 12.8. The van der Waals surface area contributed by atoms with Crippen molar-refractivity contribution in [2.75, 3.05) is 6.61 Å². The molecule has 0 bridgehead atoms. The van der Waals surface area contributed by atoms with Crippen molar-refractivity contribution < 1.29 is 14.6 Å². The number of ether oxygens (including phenoxy) is 1.